The van der Waals surface area contributed by atoms with Gasteiger partial charge in [0.15, 0.2) is 11.0 Å². The number of aromatic nitrogens is 3. The first-order valence-electron chi connectivity index (χ1n) is 7.36. The molecule has 1 N–H and O–H groups in total. The normalized spacial score (nSPS) is 10.7. The van der Waals surface area contributed by atoms with E-state index in [1.165, 1.54) is 36.0 Å². The van der Waals surface area contributed by atoms with Gasteiger partial charge in [0.25, 0.3) is 0 Å². The van der Waals surface area contributed by atoms with Gasteiger partial charge >= 0.3 is 0 Å². The van der Waals surface area contributed by atoms with Gasteiger partial charge in [0, 0.05) is 23.3 Å². The SMILES string of the molecule is Cn1c(SCC(=O)Nc2ccc(F)cc2)nnc1-c1ccc(Cl)cc1. The lowest BCUT2D eigenvalue weighted by molar-refractivity contribution is -0.113. The highest BCUT2D eigenvalue weighted by Crippen LogP contribution is 2.24. The van der Waals surface area contributed by atoms with E-state index in [1.54, 1.807) is 12.1 Å². The molecular weight excluding hydrogens is 363 g/mol. The van der Waals surface area contributed by atoms with E-state index >= 15 is 0 Å². The number of thioether (sulfide) groups is 1. The second-order valence-corrected chi connectivity index (χ2v) is 6.59. The van der Waals surface area contributed by atoms with Crippen molar-refractivity contribution in [2.45, 2.75) is 5.16 Å². The van der Waals surface area contributed by atoms with Crippen LogP contribution in [0.2, 0.25) is 5.02 Å². The fraction of sp³-hybridized carbons (Fsp3) is 0.118. The molecule has 0 radical (unpaired) electrons. The quantitative estimate of drug-likeness (QED) is 0.683. The standard InChI is InChI=1S/C17H14ClFN4OS/c1-23-16(11-2-4-12(18)5-3-11)21-22-17(23)25-10-15(24)20-14-8-6-13(19)7-9-14/h2-9H,10H2,1H3,(H,20,24). The van der Waals surface area contributed by atoms with Crippen LogP contribution in [0.15, 0.2) is 53.7 Å². The molecule has 128 valence electrons. The molecule has 0 saturated heterocycles. The van der Waals surface area contributed by atoms with Crippen LogP contribution in [-0.2, 0) is 11.8 Å². The molecule has 1 amide bonds. The van der Waals surface area contributed by atoms with E-state index in [-0.39, 0.29) is 17.5 Å². The number of halogens is 2. The van der Waals surface area contributed by atoms with Crippen molar-refractivity contribution in [3.05, 3.63) is 59.4 Å². The van der Waals surface area contributed by atoms with Gasteiger partial charge in [-0.25, -0.2) is 4.39 Å². The molecule has 5 nitrogen and oxygen atoms in total. The molecule has 0 spiro atoms. The lowest BCUT2D eigenvalue weighted by atomic mass is 10.2. The number of carbonyl (C=O) groups is 1. The Morgan fingerprint density at radius 2 is 1.84 bits per heavy atom. The largest absolute Gasteiger partial charge is 0.325 e. The monoisotopic (exact) mass is 376 g/mol. The number of nitrogens with one attached hydrogen (secondary N) is 1. The minimum atomic E-state index is -0.346. The van der Waals surface area contributed by atoms with Crippen molar-refractivity contribution in [1.29, 1.82) is 0 Å². The number of rotatable bonds is 5. The molecule has 8 heteroatoms. The van der Waals surface area contributed by atoms with Gasteiger partial charge in [-0.3, -0.25) is 4.79 Å². The highest BCUT2D eigenvalue weighted by Gasteiger charge is 2.13. The topological polar surface area (TPSA) is 59.8 Å². The summed E-state index contributed by atoms with van der Waals surface area (Å²) < 4.78 is 14.7. The summed E-state index contributed by atoms with van der Waals surface area (Å²) in [7, 11) is 1.84. The summed E-state index contributed by atoms with van der Waals surface area (Å²) in [6.45, 7) is 0. The fourth-order valence-corrected chi connectivity index (χ4v) is 2.99. The second-order valence-electron chi connectivity index (χ2n) is 5.22. The first kappa shape index (κ1) is 17.4. The number of hydrogen-bond acceptors (Lipinski definition) is 4. The minimum Gasteiger partial charge on any atom is -0.325 e. The summed E-state index contributed by atoms with van der Waals surface area (Å²) in [4.78, 5) is 12.0. The number of carbonyl (C=O) groups excluding carboxylic acids is 1. The zero-order valence-corrected chi connectivity index (χ0v) is 14.8. The molecule has 3 rings (SSSR count). The highest BCUT2D eigenvalue weighted by atomic mass is 35.5. The second kappa shape index (κ2) is 7.67. The van der Waals surface area contributed by atoms with E-state index in [0.29, 0.717) is 21.7 Å². The van der Waals surface area contributed by atoms with Crippen molar-refractivity contribution in [3.63, 3.8) is 0 Å². The lowest BCUT2D eigenvalue weighted by Crippen LogP contribution is -2.14. The Bertz CT molecular complexity index is 881. The van der Waals surface area contributed by atoms with E-state index in [9.17, 15) is 9.18 Å². The Balaban J connectivity index is 1.62. The number of hydrogen-bond donors (Lipinski definition) is 1. The van der Waals surface area contributed by atoms with Crippen LogP contribution in [0.5, 0.6) is 0 Å². The molecule has 0 aliphatic rings. The molecule has 0 aliphatic carbocycles. The summed E-state index contributed by atoms with van der Waals surface area (Å²) in [5.74, 6) is 0.316. The Kier molecular flexibility index (Phi) is 5.35. The van der Waals surface area contributed by atoms with Crippen molar-refractivity contribution in [2.24, 2.45) is 7.05 Å². The first-order valence-corrected chi connectivity index (χ1v) is 8.73. The van der Waals surface area contributed by atoms with Crippen molar-refractivity contribution in [1.82, 2.24) is 14.8 Å². The van der Waals surface area contributed by atoms with Gasteiger partial charge in [-0.05, 0) is 48.5 Å². The number of nitrogens with zero attached hydrogens (tertiary/aromatic N) is 3. The molecule has 0 bridgehead atoms. The molecule has 1 heterocycles. The first-order chi connectivity index (χ1) is 12.0. The van der Waals surface area contributed by atoms with Gasteiger partial charge in [-0.2, -0.15) is 0 Å². The average molecular weight is 377 g/mol. The Hall–Kier alpha value is -2.38. The molecule has 0 saturated carbocycles. The van der Waals surface area contributed by atoms with Crippen LogP contribution in [-0.4, -0.2) is 26.4 Å². The Morgan fingerprint density at radius 1 is 1.16 bits per heavy atom. The number of amides is 1. The van der Waals surface area contributed by atoms with Crippen LogP contribution in [0.25, 0.3) is 11.4 Å². The molecular formula is C17H14ClFN4OS. The lowest BCUT2D eigenvalue weighted by Gasteiger charge is -2.06. The summed E-state index contributed by atoms with van der Waals surface area (Å²) in [6, 6.07) is 12.9. The van der Waals surface area contributed by atoms with E-state index in [0.717, 1.165) is 5.56 Å². The van der Waals surface area contributed by atoms with Crippen LogP contribution in [0, 0.1) is 5.82 Å². The van der Waals surface area contributed by atoms with E-state index in [4.69, 9.17) is 11.6 Å². The predicted octanol–water partition coefficient (Wildman–Crippen LogP) is 4.01. The smallest absolute Gasteiger partial charge is 0.234 e. The summed E-state index contributed by atoms with van der Waals surface area (Å²) in [5.41, 5.74) is 1.44. The van der Waals surface area contributed by atoms with E-state index < -0.39 is 0 Å². The van der Waals surface area contributed by atoms with Gasteiger partial charge in [0.1, 0.15) is 5.82 Å². The van der Waals surface area contributed by atoms with Gasteiger partial charge in [-0.1, -0.05) is 23.4 Å². The number of anilines is 1. The molecule has 0 atom stereocenters. The Morgan fingerprint density at radius 3 is 2.52 bits per heavy atom. The fourth-order valence-electron chi connectivity index (χ4n) is 2.15. The predicted molar refractivity (Wildman–Crippen MR) is 97.2 cm³/mol. The molecule has 3 aromatic rings. The van der Waals surface area contributed by atoms with Gasteiger partial charge < -0.3 is 9.88 Å². The molecule has 0 aliphatic heterocycles. The zero-order chi connectivity index (χ0) is 17.8. The molecule has 25 heavy (non-hydrogen) atoms. The van der Waals surface area contributed by atoms with Crippen LogP contribution >= 0.6 is 23.4 Å². The summed E-state index contributed by atoms with van der Waals surface area (Å²) in [5, 5.41) is 12.3. The van der Waals surface area contributed by atoms with Crippen molar-refractivity contribution < 1.29 is 9.18 Å². The molecule has 1 aromatic heterocycles. The van der Waals surface area contributed by atoms with Gasteiger partial charge in [-0.15, -0.1) is 10.2 Å². The van der Waals surface area contributed by atoms with Crippen molar-refractivity contribution >= 4 is 35.0 Å². The van der Waals surface area contributed by atoms with E-state index in [2.05, 4.69) is 15.5 Å². The molecule has 0 fully saturated rings. The maximum absolute atomic E-state index is 12.9. The molecule has 0 unspecified atom stereocenters. The average Bonchev–Trinajstić information content (AvgIpc) is 2.97. The van der Waals surface area contributed by atoms with Crippen LogP contribution in [0.3, 0.4) is 0 Å². The van der Waals surface area contributed by atoms with Gasteiger partial charge in [0.05, 0.1) is 5.75 Å². The van der Waals surface area contributed by atoms with Crippen molar-refractivity contribution in [3.8, 4) is 11.4 Å². The maximum atomic E-state index is 12.9. The van der Waals surface area contributed by atoms with Crippen LogP contribution in [0.1, 0.15) is 0 Å². The van der Waals surface area contributed by atoms with Crippen molar-refractivity contribution in [2.75, 3.05) is 11.1 Å². The third-order valence-corrected chi connectivity index (χ3v) is 4.67. The third kappa shape index (κ3) is 4.37. The highest BCUT2D eigenvalue weighted by molar-refractivity contribution is 7.99. The van der Waals surface area contributed by atoms with Crippen LogP contribution < -0.4 is 5.32 Å². The minimum absolute atomic E-state index is 0.171. The third-order valence-electron chi connectivity index (χ3n) is 3.40. The summed E-state index contributed by atoms with van der Waals surface area (Å²) in [6.07, 6.45) is 0. The number of benzene rings is 2. The maximum Gasteiger partial charge on any atom is 0.234 e. The summed E-state index contributed by atoms with van der Waals surface area (Å²) >= 11 is 7.17. The van der Waals surface area contributed by atoms with Gasteiger partial charge in [0.2, 0.25) is 5.91 Å². The van der Waals surface area contributed by atoms with Crippen LogP contribution in [0.4, 0.5) is 10.1 Å². The molecule has 2 aromatic carbocycles. The Labute approximate surface area is 153 Å². The zero-order valence-electron chi connectivity index (χ0n) is 13.2. The van der Waals surface area contributed by atoms with E-state index in [1.807, 2.05) is 23.7 Å².